The fourth-order valence-electron chi connectivity index (χ4n) is 3.13. The van der Waals surface area contributed by atoms with Crippen LogP contribution in [0.2, 0.25) is 10.0 Å². The number of methoxy groups -OCH3 is 1. The zero-order valence-corrected chi connectivity index (χ0v) is 14.6. The van der Waals surface area contributed by atoms with Gasteiger partial charge in [-0.1, -0.05) is 53.5 Å². The molecule has 0 aliphatic carbocycles. The molecule has 1 unspecified atom stereocenters. The summed E-state index contributed by atoms with van der Waals surface area (Å²) in [6.07, 6.45) is 0. The first-order valence-electron chi connectivity index (χ1n) is 7.74. The van der Waals surface area contributed by atoms with Crippen molar-refractivity contribution in [2.24, 2.45) is 0 Å². The minimum atomic E-state index is 0.0273. The van der Waals surface area contributed by atoms with E-state index in [-0.39, 0.29) is 6.04 Å². The molecule has 1 saturated heterocycles. The second kappa shape index (κ2) is 7.54. The molecule has 1 fully saturated rings. The van der Waals surface area contributed by atoms with Gasteiger partial charge in [0.25, 0.3) is 0 Å². The summed E-state index contributed by atoms with van der Waals surface area (Å²) in [6, 6.07) is 14.0. The number of piperazine rings is 1. The zero-order valence-electron chi connectivity index (χ0n) is 13.1. The fraction of sp³-hybridized carbons (Fsp3) is 0.333. The quantitative estimate of drug-likeness (QED) is 0.901. The Kier molecular flexibility index (Phi) is 5.44. The average molecular weight is 351 g/mol. The van der Waals surface area contributed by atoms with Crippen molar-refractivity contribution in [3.05, 3.63) is 63.6 Å². The van der Waals surface area contributed by atoms with Crippen molar-refractivity contribution in [2.45, 2.75) is 6.04 Å². The van der Waals surface area contributed by atoms with E-state index in [4.69, 9.17) is 27.9 Å². The molecule has 0 radical (unpaired) electrons. The van der Waals surface area contributed by atoms with E-state index >= 15 is 0 Å². The van der Waals surface area contributed by atoms with Crippen molar-refractivity contribution < 1.29 is 4.74 Å². The summed E-state index contributed by atoms with van der Waals surface area (Å²) in [5, 5.41) is 4.59. The standard InChI is InChI=1S/C18H20Cl2N2O/c1-23-16-8-3-2-5-13(16)18(22-11-9-21-10-12-22)14-6-4-7-15(19)17(14)20/h2-8,18,21H,9-12H2,1H3. The maximum absolute atomic E-state index is 6.54. The number of nitrogens with one attached hydrogen (secondary N) is 1. The Morgan fingerprint density at radius 1 is 1.00 bits per heavy atom. The highest BCUT2D eigenvalue weighted by Gasteiger charge is 2.28. The first-order chi connectivity index (χ1) is 11.2. The second-order valence-corrected chi connectivity index (χ2v) is 6.36. The van der Waals surface area contributed by atoms with Gasteiger partial charge >= 0.3 is 0 Å². The van der Waals surface area contributed by atoms with Gasteiger partial charge in [0.05, 0.1) is 23.2 Å². The van der Waals surface area contributed by atoms with Crippen LogP contribution in [0.4, 0.5) is 0 Å². The van der Waals surface area contributed by atoms with Crippen LogP contribution in [0.3, 0.4) is 0 Å². The molecule has 3 rings (SSSR count). The Labute approximate surface area is 147 Å². The Morgan fingerprint density at radius 3 is 2.43 bits per heavy atom. The molecule has 5 heteroatoms. The third kappa shape index (κ3) is 3.48. The van der Waals surface area contributed by atoms with Crippen LogP contribution in [0, 0.1) is 0 Å². The second-order valence-electron chi connectivity index (χ2n) is 5.57. The van der Waals surface area contributed by atoms with Crippen LogP contribution in [-0.2, 0) is 0 Å². The van der Waals surface area contributed by atoms with Crippen molar-refractivity contribution in [1.29, 1.82) is 0 Å². The summed E-state index contributed by atoms with van der Waals surface area (Å²) >= 11 is 12.8. The van der Waals surface area contributed by atoms with E-state index in [9.17, 15) is 0 Å². The number of hydrogen-bond donors (Lipinski definition) is 1. The van der Waals surface area contributed by atoms with Crippen molar-refractivity contribution >= 4 is 23.2 Å². The number of hydrogen-bond acceptors (Lipinski definition) is 3. The van der Waals surface area contributed by atoms with Gasteiger partial charge in [-0.25, -0.2) is 0 Å². The molecule has 1 heterocycles. The number of halogens is 2. The van der Waals surface area contributed by atoms with Crippen LogP contribution in [0.25, 0.3) is 0 Å². The maximum atomic E-state index is 6.54. The number of benzene rings is 2. The van der Waals surface area contributed by atoms with Crippen LogP contribution < -0.4 is 10.1 Å². The van der Waals surface area contributed by atoms with Gasteiger partial charge < -0.3 is 10.1 Å². The Balaban J connectivity index is 2.11. The smallest absolute Gasteiger partial charge is 0.123 e. The van der Waals surface area contributed by atoms with Crippen LogP contribution in [0.1, 0.15) is 17.2 Å². The Bertz CT molecular complexity index is 672. The molecule has 1 aliphatic heterocycles. The monoisotopic (exact) mass is 350 g/mol. The highest BCUT2D eigenvalue weighted by Crippen LogP contribution is 2.40. The lowest BCUT2D eigenvalue weighted by atomic mass is 9.95. The molecule has 3 nitrogen and oxygen atoms in total. The molecule has 122 valence electrons. The SMILES string of the molecule is COc1ccccc1C(c1cccc(Cl)c1Cl)N1CCNCC1. The normalized spacial score (nSPS) is 17.0. The highest BCUT2D eigenvalue weighted by atomic mass is 35.5. The average Bonchev–Trinajstić information content (AvgIpc) is 2.60. The van der Waals surface area contributed by atoms with Gasteiger partial charge in [0.1, 0.15) is 5.75 Å². The van der Waals surface area contributed by atoms with E-state index < -0.39 is 0 Å². The van der Waals surface area contributed by atoms with E-state index in [1.54, 1.807) is 7.11 Å². The minimum Gasteiger partial charge on any atom is -0.496 e. The summed E-state index contributed by atoms with van der Waals surface area (Å²) in [5.74, 6) is 0.868. The number of ether oxygens (including phenoxy) is 1. The molecule has 1 aliphatic rings. The van der Waals surface area contributed by atoms with E-state index in [2.05, 4.69) is 16.3 Å². The number of rotatable bonds is 4. The van der Waals surface area contributed by atoms with Crippen LogP contribution >= 0.6 is 23.2 Å². The van der Waals surface area contributed by atoms with Crippen molar-refractivity contribution in [1.82, 2.24) is 10.2 Å². The van der Waals surface area contributed by atoms with Gasteiger partial charge in [-0.05, 0) is 17.7 Å². The first-order valence-corrected chi connectivity index (χ1v) is 8.49. The third-order valence-corrected chi connectivity index (χ3v) is 5.06. The summed E-state index contributed by atoms with van der Waals surface area (Å²) in [4.78, 5) is 2.42. The number of para-hydroxylation sites is 1. The molecule has 2 aromatic rings. The topological polar surface area (TPSA) is 24.5 Å². The highest BCUT2D eigenvalue weighted by molar-refractivity contribution is 6.42. The Hall–Kier alpha value is -1.26. The largest absolute Gasteiger partial charge is 0.496 e. The van der Waals surface area contributed by atoms with E-state index in [1.165, 1.54) is 0 Å². The first kappa shape index (κ1) is 16.6. The van der Waals surface area contributed by atoms with Crippen LogP contribution in [0.5, 0.6) is 5.75 Å². The minimum absolute atomic E-state index is 0.0273. The molecule has 0 bridgehead atoms. The predicted octanol–water partition coefficient (Wildman–Crippen LogP) is 4.00. The molecule has 1 N–H and O–H groups in total. The van der Waals surface area contributed by atoms with E-state index in [0.29, 0.717) is 10.0 Å². The van der Waals surface area contributed by atoms with Crippen LogP contribution in [0.15, 0.2) is 42.5 Å². The Morgan fingerprint density at radius 2 is 1.70 bits per heavy atom. The molecule has 0 saturated carbocycles. The molecule has 0 spiro atoms. The van der Waals surface area contributed by atoms with E-state index in [1.807, 2.05) is 36.4 Å². The van der Waals surface area contributed by atoms with Gasteiger partial charge in [-0.2, -0.15) is 0 Å². The van der Waals surface area contributed by atoms with Gasteiger partial charge in [0, 0.05) is 31.7 Å². The van der Waals surface area contributed by atoms with Gasteiger partial charge in [-0.15, -0.1) is 0 Å². The van der Waals surface area contributed by atoms with E-state index in [0.717, 1.165) is 43.1 Å². The molecular formula is C18H20Cl2N2O. The summed E-state index contributed by atoms with van der Waals surface area (Å²) < 4.78 is 5.59. The third-order valence-electron chi connectivity index (χ3n) is 4.23. The summed E-state index contributed by atoms with van der Waals surface area (Å²) in [5.41, 5.74) is 2.13. The van der Waals surface area contributed by atoms with Crippen molar-refractivity contribution in [3.63, 3.8) is 0 Å². The summed E-state index contributed by atoms with van der Waals surface area (Å²) in [7, 11) is 1.70. The van der Waals surface area contributed by atoms with Gasteiger partial charge in [0.2, 0.25) is 0 Å². The lowest BCUT2D eigenvalue weighted by molar-refractivity contribution is 0.195. The molecular weight excluding hydrogens is 331 g/mol. The van der Waals surface area contributed by atoms with Crippen molar-refractivity contribution in [2.75, 3.05) is 33.3 Å². The number of nitrogens with zero attached hydrogens (tertiary/aromatic N) is 1. The maximum Gasteiger partial charge on any atom is 0.123 e. The predicted molar refractivity (Wildman–Crippen MR) is 95.7 cm³/mol. The van der Waals surface area contributed by atoms with Gasteiger partial charge in [0.15, 0.2) is 0 Å². The zero-order chi connectivity index (χ0) is 16.2. The fourth-order valence-corrected chi connectivity index (χ4v) is 3.54. The molecule has 23 heavy (non-hydrogen) atoms. The lowest BCUT2D eigenvalue weighted by Gasteiger charge is -2.36. The lowest BCUT2D eigenvalue weighted by Crippen LogP contribution is -2.45. The molecule has 0 amide bonds. The molecule has 1 atom stereocenters. The molecule has 2 aromatic carbocycles. The van der Waals surface area contributed by atoms with Crippen molar-refractivity contribution in [3.8, 4) is 5.75 Å². The van der Waals surface area contributed by atoms with Gasteiger partial charge in [-0.3, -0.25) is 4.90 Å². The summed E-state index contributed by atoms with van der Waals surface area (Å²) in [6.45, 7) is 3.82. The van der Waals surface area contributed by atoms with Crippen LogP contribution in [-0.4, -0.2) is 38.2 Å². The molecule has 0 aromatic heterocycles.